The van der Waals surface area contributed by atoms with Crippen molar-refractivity contribution in [2.75, 3.05) is 4.72 Å². The zero-order valence-corrected chi connectivity index (χ0v) is 11.4. The first-order valence-electron chi connectivity index (χ1n) is 4.81. The molecule has 3 N–H and O–H groups in total. The zero-order valence-electron chi connectivity index (χ0n) is 9.00. The number of aromatic nitrogens is 2. The largest absolute Gasteiger partial charge is 0.452 e. The van der Waals surface area contributed by atoms with Gasteiger partial charge >= 0.3 is 0 Å². The van der Waals surface area contributed by atoms with Gasteiger partial charge in [0.15, 0.2) is 4.67 Å². The molecule has 0 radical (unpaired) electrons. The molecule has 0 aliphatic carbocycles. The van der Waals surface area contributed by atoms with Crippen molar-refractivity contribution in [3.63, 3.8) is 0 Å². The maximum Gasteiger partial charge on any atom is 0.268 e. The van der Waals surface area contributed by atoms with Gasteiger partial charge in [0, 0.05) is 18.5 Å². The second kappa shape index (κ2) is 5.04. The van der Waals surface area contributed by atoms with Gasteiger partial charge in [0.2, 0.25) is 5.95 Å². The molecule has 2 rings (SSSR count). The second-order valence-electron chi connectivity index (χ2n) is 3.23. The zero-order chi connectivity index (χ0) is 13.2. The van der Waals surface area contributed by atoms with E-state index in [0.29, 0.717) is 5.76 Å². The van der Waals surface area contributed by atoms with E-state index in [1.165, 1.54) is 18.5 Å². The van der Waals surface area contributed by atoms with E-state index in [4.69, 9.17) is 10.2 Å². The number of furan rings is 1. The third-order valence-corrected chi connectivity index (χ3v) is 4.17. The topological polar surface area (TPSA) is 111 Å². The number of anilines is 1. The third-order valence-electron chi connectivity index (χ3n) is 1.99. The molecule has 2 heterocycles. The van der Waals surface area contributed by atoms with Crippen molar-refractivity contribution in [3.8, 4) is 0 Å². The summed E-state index contributed by atoms with van der Waals surface area (Å²) in [7, 11) is -3.80. The van der Waals surface area contributed by atoms with Gasteiger partial charge in [0.25, 0.3) is 10.0 Å². The van der Waals surface area contributed by atoms with Crippen molar-refractivity contribution in [2.45, 2.75) is 11.4 Å². The van der Waals surface area contributed by atoms with Crippen LogP contribution in [0.25, 0.3) is 0 Å². The lowest BCUT2D eigenvalue weighted by Gasteiger charge is -2.03. The van der Waals surface area contributed by atoms with Crippen LogP contribution in [0.15, 0.2) is 38.5 Å². The van der Waals surface area contributed by atoms with Crippen LogP contribution >= 0.6 is 15.9 Å². The van der Waals surface area contributed by atoms with E-state index in [1.807, 2.05) is 0 Å². The molecule has 18 heavy (non-hydrogen) atoms. The van der Waals surface area contributed by atoms with Crippen molar-refractivity contribution >= 4 is 31.9 Å². The molecule has 0 saturated carbocycles. The average molecular weight is 333 g/mol. The highest BCUT2D eigenvalue weighted by Gasteiger charge is 2.23. The Morgan fingerprint density at radius 2 is 2.06 bits per heavy atom. The summed E-state index contributed by atoms with van der Waals surface area (Å²) in [6.07, 6.45) is 2.86. The van der Waals surface area contributed by atoms with Gasteiger partial charge in [-0.05, 0) is 22.0 Å². The maximum absolute atomic E-state index is 12.0. The average Bonchev–Trinajstić information content (AvgIpc) is 2.72. The highest BCUT2D eigenvalue weighted by atomic mass is 79.9. The number of hydrogen-bond donors (Lipinski definition) is 2. The normalized spacial score (nSPS) is 11.4. The number of sulfonamides is 1. The predicted octanol–water partition coefficient (Wildman–Crippen LogP) is 1.09. The Bertz CT molecular complexity index is 641. The number of rotatable bonds is 4. The predicted molar refractivity (Wildman–Crippen MR) is 67.1 cm³/mol. The van der Waals surface area contributed by atoms with Gasteiger partial charge in [-0.3, -0.25) is 0 Å². The van der Waals surface area contributed by atoms with E-state index >= 15 is 0 Å². The van der Waals surface area contributed by atoms with Gasteiger partial charge < -0.3 is 10.2 Å². The summed E-state index contributed by atoms with van der Waals surface area (Å²) in [5, 5.41) is 0. The summed E-state index contributed by atoms with van der Waals surface area (Å²) in [5.74, 6) is 0.344. The molecule has 0 amide bonds. The van der Waals surface area contributed by atoms with E-state index in [9.17, 15) is 8.42 Å². The van der Waals surface area contributed by atoms with Crippen molar-refractivity contribution in [1.82, 2.24) is 9.97 Å². The third kappa shape index (κ3) is 2.68. The molecule has 2 aromatic rings. The smallest absolute Gasteiger partial charge is 0.268 e. The van der Waals surface area contributed by atoms with Crippen LogP contribution in [0, 0.1) is 0 Å². The van der Waals surface area contributed by atoms with Crippen molar-refractivity contribution in [1.29, 1.82) is 0 Å². The minimum absolute atomic E-state index is 0.0140. The molecule has 0 bridgehead atoms. The second-order valence-corrected chi connectivity index (χ2v) is 5.60. The fraction of sp³-hybridized carbons (Fsp3) is 0.111. The maximum atomic E-state index is 12.0. The number of nitrogens with two attached hydrogens (primary N) is 1. The van der Waals surface area contributed by atoms with E-state index in [0.717, 1.165) is 0 Å². The van der Waals surface area contributed by atoms with Crippen LogP contribution in [0.3, 0.4) is 0 Å². The van der Waals surface area contributed by atoms with Gasteiger partial charge in [-0.25, -0.2) is 23.1 Å². The molecule has 0 unspecified atom stereocenters. The van der Waals surface area contributed by atoms with Gasteiger partial charge in [-0.2, -0.15) is 0 Å². The van der Waals surface area contributed by atoms with E-state index < -0.39 is 10.0 Å². The minimum Gasteiger partial charge on any atom is -0.452 e. The Kier molecular flexibility index (Phi) is 3.64. The standard InChI is InChI=1S/C9H9BrN4O3S/c10-8-7(4-6(5-11)17-8)18(15,16)14-9-12-2-1-3-13-9/h1-4H,5,11H2,(H,12,13,14). The monoisotopic (exact) mass is 332 g/mol. The lowest BCUT2D eigenvalue weighted by molar-refractivity contribution is 0.484. The lowest BCUT2D eigenvalue weighted by Crippen LogP contribution is -2.14. The summed E-state index contributed by atoms with van der Waals surface area (Å²) in [6.45, 7) is 0.107. The van der Waals surface area contributed by atoms with Crippen molar-refractivity contribution in [2.24, 2.45) is 5.73 Å². The van der Waals surface area contributed by atoms with Gasteiger partial charge in [-0.1, -0.05) is 0 Å². The summed E-state index contributed by atoms with van der Waals surface area (Å²) in [4.78, 5) is 7.50. The first-order valence-corrected chi connectivity index (χ1v) is 7.08. The Balaban J connectivity index is 2.34. The molecule has 0 atom stereocenters. The summed E-state index contributed by atoms with van der Waals surface area (Å²) in [6, 6.07) is 2.92. The molecule has 0 saturated heterocycles. The molecule has 0 aliphatic rings. The van der Waals surface area contributed by atoms with E-state index in [-0.39, 0.29) is 22.1 Å². The fourth-order valence-electron chi connectivity index (χ4n) is 1.21. The Morgan fingerprint density at radius 1 is 1.39 bits per heavy atom. The van der Waals surface area contributed by atoms with Crippen LogP contribution in [0.2, 0.25) is 0 Å². The van der Waals surface area contributed by atoms with Gasteiger partial charge in [0.05, 0.1) is 6.54 Å². The first kappa shape index (κ1) is 13.0. The van der Waals surface area contributed by atoms with Gasteiger partial charge in [0.1, 0.15) is 10.7 Å². The van der Waals surface area contributed by atoms with Gasteiger partial charge in [-0.15, -0.1) is 0 Å². The molecule has 9 heteroatoms. The quantitative estimate of drug-likeness (QED) is 0.866. The van der Waals surface area contributed by atoms with Crippen LogP contribution in [-0.2, 0) is 16.6 Å². The van der Waals surface area contributed by atoms with Crippen molar-refractivity contribution in [3.05, 3.63) is 35.0 Å². The molecule has 0 spiro atoms. The van der Waals surface area contributed by atoms with Crippen LogP contribution in [0.1, 0.15) is 5.76 Å². The lowest BCUT2D eigenvalue weighted by atomic mass is 10.5. The molecule has 96 valence electrons. The minimum atomic E-state index is -3.80. The Labute approximate surface area is 112 Å². The Morgan fingerprint density at radius 3 is 2.61 bits per heavy atom. The van der Waals surface area contributed by atoms with E-state index in [1.54, 1.807) is 6.07 Å². The molecule has 7 nitrogen and oxygen atoms in total. The first-order chi connectivity index (χ1) is 8.53. The van der Waals surface area contributed by atoms with Crippen LogP contribution in [0.5, 0.6) is 0 Å². The number of nitrogens with one attached hydrogen (secondary N) is 1. The number of hydrogen-bond acceptors (Lipinski definition) is 6. The fourth-order valence-corrected chi connectivity index (χ4v) is 3.17. The molecular formula is C9H9BrN4O3S. The summed E-state index contributed by atoms with van der Waals surface area (Å²) in [5.41, 5.74) is 5.37. The number of halogens is 1. The van der Waals surface area contributed by atoms with Crippen LogP contribution < -0.4 is 10.5 Å². The highest BCUT2D eigenvalue weighted by Crippen LogP contribution is 2.26. The summed E-state index contributed by atoms with van der Waals surface area (Å²) < 4.78 is 31.5. The molecular weight excluding hydrogens is 324 g/mol. The molecule has 0 fully saturated rings. The van der Waals surface area contributed by atoms with E-state index in [2.05, 4.69) is 30.6 Å². The molecule has 0 aliphatic heterocycles. The summed E-state index contributed by atoms with van der Waals surface area (Å²) >= 11 is 3.02. The SMILES string of the molecule is NCc1cc(S(=O)(=O)Nc2ncccn2)c(Br)o1. The van der Waals surface area contributed by atoms with Crippen LogP contribution in [-0.4, -0.2) is 18.4 Å². The molecule has 0 aromatic carbocycles. The molecule has 2 aromatic heterocycles. The Hall–Kier alpha value is -1.45. The number of nitrogens with zero attached hydrogens (tertiary/aromatic N) is 2. The highest BCUT2D eigenvalue weighted by molar-refractivity contribution is 9.10. The van der Waals surface area contributed by atoms with Crippen molar-refractivity contribution < 1.29 is 12.8 Å². The van der Waals surface area contributed by atoms with Crippen LogP contribution in [0.4, 0.5) is 5.95 Å².